The Kier molecular flexibility index (Phi) is 5.98. The maximum Gasteiger partial charge on any atom is 0.319 e. The van der Waals surface area contributed by atoms with Crippen LogP contribution in [0.4, 0.5) is 10.5 Å². The van der Waals surface area contributed by atoms with Crippen molar-refractivity contribution in [3.05, 3.63) is 54.6 Å². The minimum atomic E-state index is -0.243. The SMILES string of the molecule is CCC(CCO)NC(=O)Nc1ccc(-c2ccccc2)cc1. The number of urea groups is 1. The van der Waals surface area contributed by atoms with Gasteiger partial charge in [-0.3, -0.25) is 0 Å². The van der Waals surface area contributed by atoms with Gasteiger partial charge in [-0.1, -0.05) is 49.4 Å². The van der Waals surface area contributed by atoms with Gasteiger partial charge in [0.25, 0.3) is 0 Å². The largest absolute Gasteiger partial charge is 0.396 e. The molecular weight excluding hydrogens is 276 g/mol. The summed E-state index contributed by atoms with van der Waals surface area (Å²) >= 11 is 0. The third-order valence-corrected chi connectivity index (χ3v) is 3.56. The van der Waals surface area contributed by atoms with Gasteiger partial charge >= 0.3 is 6.03 Å². The summed E-state index contributed by atoms with van der Waals surface area (Å²) in [6, 6.07) is 17.6. The number of aliphatic hydroxyl groups is 1. The second-order valence-corrected chi connectivity index (χ2v) is 5.16. The van der Waals surface area contributed by atoms with Crippen molar-refractivity contribution in [3.8, 4) is 11.1 Å². The van der Waals surface area contributed by atoms with Gasteiger partial charge in [-0.15, -0.1) is 0 Å². The van der Waals surface area contributed by atoms with Crippen LogP contribution in [0.1, 0.15) is 19.8 Å². The summed E-state index contributed by atoms with van der Waals surface area (Å²) in [5.74, 6) is 0. The van der Waals surface area contributed by atoms with E-state index in [2.05, 4.69) is 22.8 Å². The van der Waals surface area contributed by atoms with Crippen LogP contribution < -0.4 is 10.6 Å². The average molecular weight is 298 g/mol. The maximum absolute atomic E-state index is 11.9. The molecule has 0 aromatic heterocycles. The minimum Gasteiger partial charge on any atom is -0.396 e. The molecule has 0 spiro atoms. The van der Waals surface area contributed by atoms with E-state index in [1.807, 2.05) is 49.4 Å². The van der Waals surface area contributed by atoms with Crippen LogP contribution >= 0.6 is 0 Å². The number of amides is 2. The highest BCUT2D eigenvalue weighted by Gasteiger charge is 2.09. The average Bonchev–Trinajstić information content (AvgIpc) is 2.56. The van der Waals surface area contributed by atoms with Gasteiger partial charge in [-0.2, -0.15) is 0 Å². The Hall–Kier alpha value is -2.33. The lowest BCUT2D eigenvalue weighted by molar-refractivity contribution is 0.237. The molecule has 4 heteroatoms. The van der Waals surface area contributed by atoms with Crippen molar-refractivity contribution in [1.29, 1.82) is 0 Å². The summed E-state index contributed by atoms with van der Waals surface area (Å²) in [5, 5.41) is 14.6. The number of aliphatic hydroxyl groups excluding tert-OH is 1. The molecule has 0 fully saturated rings. The predicted octanol–water partition coefficient (Wildman–Crippen LogP) is 3.64. The lowest BCUT2D eigenvalue weighted by Crippen LogP contribution is -2.38. The fourth-order valence-electron chi connectivity index (χ4n) is 2.26. The van der Waals surface area contributed by atoms with Crippen molar-refractivity contribution in [2.24, 2.45) is 0 Å². The molecule has 2 amide bonds. The van der Waals surface area contributed by atoms with Crippen molar-refractivity contribution in [3.63, 3.8) is 0 Å². The van der Waals surface area contributed by atoms with Crippen LogP contribution in [0.5, 0.6) is 0 Å². The molecule has 0 saturated carbocycles. The first kappa shape index (κ1) is 16.0. The molecule has 0 aliphatic rings. The topological polar surface area (TPSA) is 61.4 Å². The van der Waals surface area contributed by atoms with Crippen LogP contribution in [0, 0.1) is 0 Å². The zero-order valence-corrected chi connectivity index (χ0v) is 12.8. The number of benzene rings is 2. The predicted molar refractivity (Wildman–Crippen MR) is 89.8 cm³/mol. The Morgan fingerprint density at radius 3 is 2.27 bits per heavy atom. The molecule has 0 radical (unpaired) electrons. The Bertz CT molecular complexity index is 582. The van der Waals surface area contributed by atoms with E-state index < -0.39 is 0 Å². The molecular formula is C18H22N2O2. The fourth-order valence-corrected chi connectivity index (χ4v) is 2.26. The van der Waals surface area contributed by atoms with Gasteiger partial charge in [-0.05, 0) is 36.1 Å². The smallest absolute Gasteiger partial charge is 0.319 e. The molecule has 3 N–H and O–H groups in total. The molecule has 2 rings (SSSR count). The van der Waals surface area contributed by atoms with E-state index in [-0.39, 0.29) is 18.7 Å². The van der Waals surface area contributed by atoms with Crippen molar-refractivity contribution in [2.45, 2.75) is 25.8 Å². The summed E-state index contributed by atoms with van der Waals surface area (Å²) in [5.41, 5.74) is 3.00. The molecule has 4 nitrogen and oxygen atoms in total. The fraction of sp³-hybridized carbons (Fsp3) is 0.278. The minimum absolute atomic E-state index is 0.00593. The third kappa shape index (κ3) is 4.60. The van der Waals surface area contributed by atoms with Gasteiger partial charge in [0, 0.05) is 18.3 Å². The lowest BCUT2D eigenvalue weighted by Gasteiger charge is -2.16. The highest BCUT2D eigenvalue weighted by molar-refractivity contribution is 5.89. The summed E-state index contributed by atoms with van der Waals surface area (Å²) < 4.78 is 0. The zero-order valence-electron chi connectivity index (χ0n) is 12.8. The molecule has 2 aromatic carbocycles. The quantitative estimate of drug-likeness (QED) is 0.762. The number of hydrogen-bond acceptors (Lipinski definition) is 2. The first-order chi connectivity index (χ1) is 10.7. The van der Waals surface area contributed by atoms with E-state index in [0.717, 1.165) is 23.2 Å². The van der Waals surface area contributed by atoms with E-state index in [1.165, 1.54) is 0 Å². The number of hydrogen-bond donors (Lipinski definition) is 3. The molecule has 22 heavy (non-hydrogen) atoms. The van der Waals surface area contributed by atoms with Crippen LogP contribution in [0.2, 0.25) is 0 Å². The van der Waals surface area contributed by atoms with Gasteiger partial charge in [0.15, 0.2) is 0 Å². The summed E-state index contributed by atoms with van der Waals surface area (Å²) in [4.78, 5) is 11.9. The van der Waals surface area contributed by atoms with Crippen molar-refractivity contribution >= 4 is 11.7 Å². The number of carbonyl (C=O) groups excluding carboxylic acids is 1. The first-order valence-electron chi connectivity index (χ1n) is 7.56. The van der Waals surface area contributed by atoms with Gasteiger partial charge in [0.05, 0.1) is 0 Å². The second-order valence-electron chi connectivity index (χ2n) is 5.16. The third-order valence-electron chi connectivity index (χ3n) is 3.56. The normalized spacial score (nSPS) is 11.7. The highest BCUT2D eigenvalue weighted by Crippen LogP contribution is 2.20. The Balaban J connectivity index is 1.95. The zero-order chi connectivity index (χ0) is 15.8. The molecule has 116 valence electrons. The van der Waals surface area contributed by atoms with Gasteiger partial charge in [0.2, 0.25) is 0 Å². The Morgan fingerprint density at radius 1 is 1.05 bits per heavy atom. The molecule has 0 aliphatic carbocycles. The molecule has 1 atom stereocenters. The number of anilines is 1. The van der Waals surface area contributed by atoms with Gasteiger partial charge < -0.3 is 15.7 Å². The molecule has 0 aliphatic heterocycles. The summed E-state index contributed by atoms with van der Waals surface area (Å²) in [6.07, 6.45) is 1.36. The van der Waals surface area contributed by atoms with E-state index in [9.17, 15) is 4.79 Å². The Labute approximate surface area is 131 Å². The van der Waals surface area contributed by atoms with E-state index in [0.29, 0.717) is 6.42 Å². The first-order valence-corrected chi connectivity index (χ1v) is 7.56. The second kappa shape index (κ2) is 8.20. The number of nitrogens with one attached hydrogen (secondary N) is 2. The number of carbonyl (C=O) groups is 1. The maximum atomic E-state index is 11.9. The van der Waals surface area contributed by atoms with E-state index in [4.69, 9.17) is 5.11 Å². The van der Waals surface area contributed by atoms with Crippen LogP contribution in [-0.4, -0.2) is 23.8 Å². The van der Waals surface area contributed by atoms with E-state index in [1.54, 1.807) is 0 Å². The standard InChI is InChI=1S/C18H22N2O2/c1-2-16(12-13-21)19-18(22)20-17-10-8-15(9-11-17)14-6-4-3-5-7-14/h3-11,16,21H,2,12-13H2,1H3,(H2,19,20,22). The number of rotatable bonds is 6. The molecule has 0 bridgehead atoms. The summed E-state index contributed by atoms with van der Waals surface area (Å²) in [7, 11) is 0. The summed E-state index contributed by atoms with van der Waals surface area (Å²) in [6.45, 7) is 2.06. The monoisotopic (exact) mass is 298 g/mol. The van der Waals surface area contributed by atoms with Crippen molar-refractivity contribution < 1.29 is 9.90 Å². The molecule has 2 aromatic rings. The van der Waals surface area contributed by atoms with Crippen LogP contribution in [-0.2, 0) is 0 Å². The highest BCUT2D eigenvalue weighted by atomic mass is 16.3. The molecule has 0 saturated heterocycles. The van der Waals surface area contributed by atoms with Crippen LogP contribution in [0.3, 0.4) is 0 Å². The van der Waals surface area contributed by atoms with Crippen LogP contribution in [0.15, 0.2) is 54.6 Å². The van der Waals surface area contributed by atoms with Crippen molar-refractivity contribution in [1.82, 2.24) is 5.32 Å². The molecule has 0 heterocycles. The van der Waals surface area contributed by atoms with Crippen LogP contribution in [0.25, 0.3) is 11.1 Å². The van der Waals surface area contributed by atoms with Gasteiger partial charge in [0.1, 0.15) is 0 Å². The molecule has 1 unspecified atom stereocenters. The van der Waals surface area contributed by atoms with E-state index >= 15 is 0 Å². The Morgan fingerprint density at radius 2 is 1.68 bits per heavy atom. The van der Waals surface area contributed by atoms with Crippen molar-refractivity contribution in [2.75, 3.05) is 11.9 Å². The van der Waals surface area contributed by atoms with Gasteiger partial charge in [-0.25, -0.2) is 4.79 Å². The lowest BCUT2D eigenvalue weighted by atomic mass is 10.1.